The number of rotatable bonds is 4. The molecule has 8 heteroatoms. The SMILES string of the molecule is O=S1(=O)CCC(S(=O)(=O)NC2CCCC2CCl)CC1. The van der Waals surface area contributed by atoms with Gasteiger partial charge in [-0.25, -0.2) is 21.6 Å². The third-order valence-electron chi connectivity index (χ3n) is 4.11. The first-order valence-electron chi connectivity index (χ1n) is 6.61. The van der Waals surface area contributed by atoms with Crippen LogP contribution in [0.1, 0.15) is 32.1 Å². The van der Waals surface area contributed by atoms with E-state index in [1.807, 2.05) is 0 Å². The smallest absolute Gasteiger partial charge is 0.214 e. The molecule has 19 heavy (non-hydrogen) atoms. The molecule has 0 aromatic carbocycles. The monoisotopic (exact) mass is 329 g/mol. The van der Waals surface area contributed by atoms with Crippen molar-refractivity contribution < 1.29 is 16.8 Å². The van der Waals surface area contributed by atoms with E-state index in [1.54, 1.807) is 0 Å². The van der Waals surface area contributed by atoms with Crippen LogP contribution in [0, 0.1) is 5.92 Å². The minimum Gasteiger partial charge on any atom is -0.229 e. The van der Waals surface area contributed by atoms with Gasteiger partial charge in [0.1, 0.15) is 9.84 Å². The van der Waals surface area contributed by atoms with Crippen molar-refractivity contribution >= 4 is 31.5 Å². The number of alkyl halides is 1. The second-order valence-electron chi connectivity index (χ2n) is 5.47. The molecule has 2 fully saturated rings. The molecule has 112 valence electrons. The summed E-state index contributed by atoms with van der Waals surface area (Å²) in [4.78, 5) is 0. The molecule has 1 saturated carbocycles. The average molecular weight is 330 g/mol. The van der Waals surface area contributed by atoms with Gasteiger partial charge in [0, 0.05) is 11.9 Å². The number of hydrogen-bond acceptors (Lipinski definition) is 4. The first kappa shape index (κ1) is 15.5. The van der Waals surface area contributed by atoms with Crippen molar-refractivity contribution in [2.24, 2.45) is 5.92 Å². The van der Waals surface area contributed by atoms with Crippen LogP contribution in [0.4, 0.5) is 0 Å². The number of sulfonamides is 1. The summed E-state index contributed by atoms with van der Waals surface area (Å²) < 4.78 is 49.9. The fourth-order valence-corrected chi connectivity index (χ4v) is 6.80. The molecule has 0 aromatic rings. The second kappa shape index (κ2) is 5.87. The first-order valence-corrected chi connectivity index (χ1v) is 10.5. The molecule has 2 unspecified atom stereocenters. The molecule has 1 heterocycles. The van der Waals surface area contributed by atoms with Crippen LogP contribution in [0.2, 0.25) is 0 Å². The third kappa shape index (κ3) is 3.83. The predicted octanol–water partition coefficient (Wildman–Crippen LogP) is 0.891. The highest BCUT2D eigenvalue weighted by Crippen LogP contribution is 2.28. The highest BCUT2D eigenvalue weighted by molar-refractivity contribution is 7.92. The zero-order valence-corrected chi connectivity index (χ0v) is 13.1. The van der Waals surface area contributed by atoms with Gasteiger partial charge in [-0.3, -0.25) is 0 Å². The fraction of sp³-hybridized carbons (Fsp3) is 1.00. The van der Waals surface area contributed by atoms with E-state index in [0.717, 1.165) is 19.3 Å². The van der Waals surface area contributed by atoms with Crippen LogP contribution in [0.5, 0.6) is 0 Å². The van der Waals surface area contributed by atoms with Gasteiger partial charge in [-0.15, -0.1) is 11.6 Å². The van der Waals surface area contributed by atoms with Crippen molar-refractivity contribution in [2.75, 3.05) is 17.4 Å². The lowest BCUT2D eigenvalue weighted by Gasteiger charge is -2.26. The predicted molar refractivity (Wildman–Crippen MR) is 75.6 cm³/mol. The number of sulfone groups is 1. The van der Waals surface area contributed by atoms with Crippen molar-refractivity contribution in [2.45, 2.75) is 43.4 Å². The summed E-state index contributed by atoms with van der Waals surface area (Å²) >= 11 is 5.84. The Morgan fingerprint density at radius 2 is 1.74 bits per heavy atom. The van der Waals surface area contributed by atoms with E-state index < -0.39 is 25.1 Å². The quantitative estimate of drug-likeness (QED) is 0.777. The standard InChI is InChI=1S/C11H20ClNO4S2/c12-8-9-2-1-3-11(9)13-19(16,17)10-4-6-18(14,15)7-5-10/h9-11,13H,1-8H2. The molecule has 0 amide bonds. The van der Waals surface area contributed by atoms with E-state index in [4.69, 9.17) is 11.6 Å². The molecule has 1 aliphatic heterocycles. The Hall–Kier alpha value is 0.150. The third-order valence-corrected chi connectivity index (χ3v) is 8.21. The topological polar surface area (TPSA) is 80.3 Å². The maximum Gasteiger partial charge on any atom is 0.214 e. The van der Waals surface area contributed by atoms with Crippen LogP contribution in [0.15, 0.2) is 0 Å². The average Bonchev–Trinajstić information content (AvgIpc) is 2.75. The first-order chi connectivity index (χ1) is 8.84. The minimum absolute atomic E-state index is 0.0256. The summed E-state index contributed by atoms with van der Waals surface area (Å²) in [5.74, 6) is 0.611. The summed E-state index contributed by atoms with van der Waals surface area (Å²) in [6, 6.07) is -0.0824. The van der Waals surface area contributed by atoms with Crippen LogP contribution in [0.25, 0.3) is 0 Å². The Morgan fingerprint density at radius 1 is 1.11 bits per heavy atom. The lowest BCUT2D eigenvalue weighted by atomic mass is 10.1. The Kier molecular flexibility index (Phi) is 4.80. The van der Waals surface area contributed by atoms with Gasteiger partial charge in [-0.2, -0.15) is 0 Å². The van der Waals surface area contributed by atoms with Crippen LogP contribution in [-0.4, -0.2) is 45.5 Å². The van der Waals surface area contributed by atoms with E-state index in [1.165, 1.54) is 0 Å². The van der Waals surface area contributed by atoms with Gasteiger partial charge >= 0.3 is 0 Å². The Labute approximate surface area is 120 Å². The van der Waals surface area contributed by atoms with Crippen LogP contribution < -0.4 is 4.72 Å². The van der Waals surface area contributed by atoms with Gasteiger partial charge in [0.2, 0.25) is 10.0 Å². The highest BCUT2D eigenvalue weighted by atomic mass is 35.5. The molecular formula is C11H20ClNO4S2. The normalized spacial score (nSPS) is 32.5. The van der Waals surface area contributed by atoms with Gasteiger partial charge in [0.05, 0.1) is 16.8 Å². The number of halogens is 1. The molecular weight excluding hydrogens is 310 g/mol. The summed E-state index contributed by atoms with van der Waals surface area (Å²) in [6.45, 7) is 0. The van der Waals surface area contributed by atoms with E-state index in [2.05, 4.69) is 4.72 Å². The van der Waals surface area contributed by atoms with Crippen molar-refractivity contribution in [1.82, 2.24) is 4.72 Å². The molecule has 0 radical (unpaired) electrons. The Bertz CT molecular complexity index is 503. The summed E-state index contributed by atoms with van der Waals surface area (Å²) in [5, 5.41) is -0.576. The van der Waals surface area contributed by atoms with Crippen LogP contribution >= 0.6 is 11.6 Å². The largest absolute Gasteiger partial charge is 0.229 e. The highest BCUT2D eigenvalue weighted by Gasteiger charge is 2.36. The lowest BCUT2D eigenvalue weighted by Crippen LogP contribution is -2.45. The second-order valence-corrected chi connectivity index (χ2v) is 10.1. The molecule has 1 saturated heterocycles. The summed E-state index contributed by atoms with van der Waals surface area (Å²) in [7, 11) is -6.47. The zero-order chi connectivity index (χ0) is 14.1. The van der Waals surface area contributed by atoms with Crippen LogP contribution in [-0.2, 0) is 19.9 Å². The molecule has 0 bridgehead atoms. The van der Waals surface area contributed by atoms with Crippen molar-refractivity contribution in [3.05, 3.63) is 0 Å². The molecule has 1 aliphatic carbocycles. The van der Waals surface area contributed by atoms with Gasteiger partial charge in [0.15, 0.2) is 0 Å². The van der Waals surface area contributed by atoms with E-state index >= 15 is 0 Å². The molecule has 2 aliphatic rings. The van der Waals surface area contributed by atoms with Gasteiger partial charge < -0.3 is 0 Å². The molecule has 5 nitrogen and oxygen atoms in total. The van der Waals surface area contributed by atoms with Crippen molar-refractivity contribution in [3.63, 3.8) is 0 Å². The number of hydrogen-bond donors (Lipinski definition) is 1. The Morgan fingerprint density at radius 3 is 2.32 bits per heavy atom. The van der Waals surface area contributed by atoms with Crippen LogP contribution in [0.3, 0.4) is 0 Å². The fourth-order valence-electron chi connectivity index (χ4n) is 2.86. The molecule has 1 N–H and O–H groups in total. The molecule has 2 rings (SSSR count). The van der Waals surface area contributed by atoms with E-state index in [9.17, 15) is 16.8 Å². The van der Waals surface area contributed by atoms with Crippen molar-refractivity contribution in [1.29, 1.82) is 0 Å². The zero-order valence-electron chi connectivity index (χ0n) is 10.7. The summed E-state index contributed by atoms with van der Waals surface area (Å²) in [5.41, 5.74) is 0. The van der Waals surface area contributed by atoms with E-state index in [-0.39, 0.29) is 36.3 Å². The van der Waals surface area contributed by atoms with Gasteiger partial charge in [0.25, 0.3) is 0 Å². The molecule has 2 atom stereocenters. The molecule has 0 spiro atoms. The van der Waals surface area contributed by atoms with Crippen molar-refractivity contribution in [3.8, 4) is 0 Å². The summed E-state index contributed by atoms with van der Waals surface area (Å²) in [6.07, 6.45) is 3.17. The molecule has 0 aromatic heterocycles. The lowest BCUT2D eigenvalue weighted by molar-refractivity contribution is 0.471. The van der Waals surface area contributed by atoms with Gasteiger partial charge in [-0.1, -0.05) is 6.42 Å². The van der Waals surface area contributed by atoms with Gasteiger partial charge in [-0.05, 0) is 31.6 Å². The Balaban J connectivity index is 1.99. The minimum atomic E-state index is -3.43. The maximum absolute atomic E-state index is 12.3. The maximum atomic E-state index is 12.3. The van der Waals surface area contributed by atoms with E-state index in [0.29, 0.717) is 5.88 Å². The number of nitrogens with one attached hydrogen (secondary N) is 1.